The number of phenols is 1. The number of aryl methyl sites for hydroxylation is 2. The zero-order valence-corrected chi connectivity index (χ0v) is 22.8. The van der Waals surface area contributed by atoms with E-state index in [1.54, 1.807) is 24.8 Å². The summed E-state index contributed by atoms with van der Waals surface area (Å²) < 4.78 is 5.44. The average Bonchev–Trinajstić information content (AvgIpc) is 2.93. The topological polar surface area (TPSA) is 137 Å². The van der Waals surface area contributed by atoms with E-state index in [9.17, 15) is 29.4 Å². The number of hydrogen-bond donors (Lipinski definition) is 3. The van der Waals surface area contributed by atoms with Gasteiger partial charge >= 0.3 is 11.6 Å². The van der Waals surface area contributed by atoms with Gasteiger partial charge in [-0.05, 0) is 49.9 Å². The Hall–Kier alpha value is -3.79. The van der Waals surface area contributed by atoms with Gasteiger partial charge in [-0.3, -0.25) is 9.59 Å². The number of nitrogens with one attached hydrogen (secondary N) is 1. The average molecular weight is 553 g/mol. The minimum atomic E-state index is -1.08. The number of amides is 2. The number of carbonyl (C=O) groups is 3. The standard InChI is InChI=1S/C29H32N2O7S/c1-17-21-8-9-24(32)18(2)26(21)38-29(37)22(17)14-25(33)31-12-10-20(11-13-31)27(34)30-23(28(35)36)16-39-15-19-6-4-3-5-7-19/h3-9,20,23,32H,10-16H2,1-2H3,(H,30,34)(H,35,36). The van der Waals surface area contributed by atoms with Crippen molar-refractivity contribution in [2.75, 3.05) is 18.8 Å². The zero-order valence-electron chi connectivity index (χ0n) is 21.9. The summed E-state index contributed by atoms with van der Waals surface area (Å²) in [5.41, 5.74) is 2.15. The van der Waals surface area contributed by atoms with Crippen molar-refractivity contribution in [2.24, 2.45) is 5.92 Å². The lowest BCUT2D eigenvalue weighted by atomic mass is 9.94. The van der Waals surface area contributed by atoms with Crippen LogP contribution in [0.3, 0.4) is 0 Å². The van der Waals surface area contributed by atoms with Gasteiger partial charge in [-0.15, -0.1) is 0 Å². The first kappa shape index (κ1) is 28.2. The monoisotopic (exact) mass is 552 g/mol. The van der Waals surface area contributed by atoms with Gasteiger partial charge < -0.3 is 24.8 Å². The number of piperidine rings is 1. The summed E-state index contributed by atoms with van der Waals surface area (Å²) >= 11 is 1.45. The van der Waals surface area contributed by atoms with Gasteiger partial charge in [-0.2, -0.15) is 11.8 Å². The molecule has 10 heteroatoms. The first-order chi connectivity index (χ1) is 18.7. The Morgan fingerprint density at radius 2 is 1.77 bits per heavy atom. The van der Waals surface area contributed by atoms with Crippen LogP contribution in [0.5, 0.6) is 5.75 Å². The van der Waals surface area contributed by atoms with Crippen LogP contribution in [0.4, 0.5) is 0 Å². The molecule has 0 saturated carbocycles. The predicted octanol–water partition coefficient (Wildman–Crippen LogP) is 3.40. The first-order valence-electron chi connectivity index (χ1n) is 12.8. The van der Waals surface area contributed by atoms with E-state index in [0.29, 0.717) is 53.8 Å². The summed E-state index contributed by atoms with van der Waals surface area (Å²) in [5, 5.41) is 22.8. The van der Waals surface area contributed by atoms with E-state index < -0.39 is 23.6 Å². The molecule has 4 rings (SSSR count). The van der Waals surface area contributed by atoms with Gasteiger partial charge in [0, 0.05) is 41.5 Å². The maximum atomic E-state index is 13.0. The largest absolute Gasteiger partial charge is 0.508 e. The van der Waals surface area contributed by atoms with E-state index in [2.05, 4.69) is 5.32 Å². The molecule has 1 fully saturated rings. The Kier molecular flexibility index (Phi) is 8.96. The van der Waals surface area contributed by atoms with E-state index >= 15 is 0 Å². The van der Waals surface area contributed by atoms with Gasteiger partial charge in [-0.25, -0.2) is 9.59 Å². The number of carboxylic acids is 1. The first-order valence-corrected chi connectivity index (χ1v) is 14.0. The second-order valence-electron chi connectivity index (χ2n) is 9.81. The van der Waals surface area contributed by atoms with Crippen molar-refractivity contribution in [3.63, 3.8) is 0 Å². The molecule has 0 bridgehead atoms. The number of aliphatic carboxylic acids is 1. The van der Waals surface area contributed by atoms with Crippen molar-refractivity contribution in [3.05, 3.63) is 75.1 Å². The van der Waals surface area contributed by atoms with E-state index in [-0.39, 0.29) is 35.3 Å². The van der Waals surface area contributed by atoms with Crippen LogP contribution in [-0.4, -0.2) is 57.8 Å². The van der Waals surface area contributed by atoms with E-state index in [1.165, 1.54) is 17.8 Å². The third-order valence-electron chi connectivity index (χ3n) is 7.23. The number of hydrogen-bond acceptors (Lipinski definition) is 7. The molecule has 0 spiro atoms. The highest BCUT2D eigenvalue weighted by Crippen LogP contribution is 2.29. The van der Waals surface area contributed by atoms with Crippen LogP contribution in [0.2, 0.25) is 0 Å². The van der Waals surface area contributed by atoms with Crippen molar-refractivity contribution in [2.45, 2.75) is 44.9 Å². The zero-order chi connectivity index (χ0) is 28.1. The summed E-state index contributed by atoms with van der Waals surface area (Å²) in [6.45, 7) is 4.09. The third-order valence-corrected chi connectivity index (χ3v) is 8.34. The van der Waals surface area contributed by atoms with E-state index in [0.717, 1.165) is 5.56 Å². The molecule has 1 unspecified atom stereocenters. The normalized spacial score (nSPS) is 14.8. The van der Waals surface area contributed by atoms with Gasteiger partial charge in [0.25, 0.3) is 0 Å². The summed E-state index contributed by atoms with van der Waals surface area (Å²) in [6.07, 6.45) is 0.691. The lowest BCUT2D eigenvalue weighted by Gasteiger charge is -2.32. The number of fused-ring (bicyclic) bond motifs is 1. The summed E-state index contributed by atoms with van der Waals surface area (Å²) in [4.78, 5) is 51.9. The highest BCUT2D eigenvalue weighted by molar-refractivity contribution is 7.98. The molecule has 3 N–H and O–H groups in total. The van der Waals surface area contributed by atoms with E-state index in [1.807, 2.05) is 30.3 Å². The molecule has 0 radical (unpaired) electrons. The molecule has 3 aromatic rings. The smallest absolute Gasteiger partial charge is 0.340 e. The molecule has 1 saturated heterocycles. The Morgan fingerprint density at radius 3 is 2.44 bits per heavy atom. The molecular formula is C29H32N2O7S. The van der Waals surface area contributed by atoms with Crippen molar-refractivity contribution in [1.82, 2.24) is 10.2 Å². The van der Waals surface area contributed by atoms with Gasteiger partial charge in [0.15, 0.2) is 0 Å². The summed E-state index contributed by atoms with van der Waals surface area (Å²) in [7, 11) is 0. The van der Waals surface area contributed by atoms with Crippen LogP contribution >= 0.6 is 11.8 Å². The number of carbonyl (C=O) groups excluding carboxylic acids is 2. The van der Waals surface area contributed by atoms with Crippen molar-refractivity contribution < 1.29 is 29.0 Å². The predicted molar refractivity (Wildman–Crippen MR) is 149 cm³/mol. The number of benzene rings is 2. The second-order valence-corrected chi connectivity index (χ2v) is 10.8. The van der Waals surface area contributed by atoms with Gasteiger partial charge in [0.2, 0.25) is 11.8 Å². The van der Waals surface area contributed by atoms with Crippen LogP contribution in [0, 0.1) is 19.8 Å². The fourth-order valence-electron chi connectivity index (χ4n) is 4.77. The van der Waals surface area contributed by atoms with Crippen LogP contribution < -0.4 is 10.9 Å². The minimum absolute atomic E-state index is 0.0291. The number of aromatic hydroxyl groups is 1. The number of thioether (sulfide) groups is 1. The lowest BCUT2D eigenvalue weighted by Crippen LogP contribution is -2.48. The maximum absolute atomic E-state index is 13.0. The number of nitrogens with zero attached hydrogens (tertiary/aromatic N) is 1. The van der Waals surface area contributed by atoms with Gasteiger partial charge in [0.05, 0.1) is 12.0 Å². The molecule has 2 aromatic carbocycles. The molecule has 1 atom stereocenters. The Bertz CT molecular complexity index is 1430. The molecule has 2 amide bonds. The molecule has 206 valence electrons. The van der Waals surface area contributed by atoms with Crippen molar-refractivity contribution in [1.29, 1.82) is 0 Å². The Morgan fingerprint density at radius 1 is 1.08 bits per heavy atom. The van der Waals surface area contributed by atoms with Crippen molar-refractivity contribution >= 4 is 40.5 Å². The highest BCUT2D eigenvalue weighted by Gasteiger charge is 2.30. The molecule has 0 aliphatic carbocycles. The van der Waals surface area contributed by atoms with Crippen LogP contribution in [0.25, 0.3) is 11.0 Å². The highest BCUT2D eigenvalue weighted by atomic mass is 32.2. The molecule has 1 aliphatic rings. The molecule has 9 nitrogen and oxygen atoms in total. The fourth-order valence-corrected chi connectivity index (χ4v) is 5.78. The van der Waals surface area contributed by atoms with Crippen molar-refractivity contribution in [3.8, 4) is 5.75 Å². The molecular weight excluding hydrogens is 520 g/mol. The molecule has 39 heavy (non-hydrogen) atoms. The summed E-state index contributed by atoms with van der Waals surface area (Å²) in [6, 6.07) is 11.9. The number of likely N-dealkylation sites (tertiary alicyclic amines) is 1. The Balaban J connectivity index is 1.31. The molecule has 1 aliphatic heterocycles. The Labute approximate surface area is 230 Å². The number of rotatable bonds is 9. The number of carboxylic acid groups (broad SMARTS) is 1. The molecule has 1 aromatic heterocycles. The van der Waals surface area contributed by atoms with Crippen LogP contribution in [0.15, 0.2) is 51.7 Å². The fraction of sp³-hybridized carbons (Fsp3) is 0.379. The van der Waals surface area contributed by atoms with Gasteiger partial charge in [-0.1, -0.05) is 30.3 Å². The lowest BCUT2D eigenvalue weighted by molar-refractivity contribution is -0.142. The number of phenolic OH excluding ortho intramolecular Hbond substituents is 1. The SMILES string of the molecule is Cc1c(CC(=O)N2CCC(C(=O)NC(CSCc3ccccc3)C(=O)O)CC2)c(=O)oc2c(C)c(O)ccc12. The minimum Gasteiger partial charge on any atom is -0.508 e. The second kappa shape index (κ2) is 12.4. The quantitative estimate of drug-likeness (QED) is 0.344. The van der Waals surface area contributed by atoms with E-state index in [4.69, 9.17) is 4.42 Å². The van der Waals surface area contributed by atoms with Gasteiger partial charge in [0.1, 0.15) is 17.4 Å². The third kappa shape index (κ3) is 6.62. The maximum Gasteiger partial charge on any atom is 0.340 e. The summed E-state index contributed by atoms with van der Waals surface area (Å²) in [5.74, 6) is -1.09. The van der Waals surface area contributed by atoms with Crippen LogP contribution in [0.1, 0.15) is 35.1 Å². The van der Waals surface area contributed by atoms with Crippen LogP contribution in [-0.2, 0) is 26.6 Å². The molecule has 2 heterocycles.